The molecule has 2 aromatic rings. The molecule has 2 aliphatic carbocycles. The molecule has 2 saturated carbocycles. The number of hydrogen-bond donors (Lipinski definition) is 3. The number of fused-ring (bicyclic) bond motifs is 2. The van der Waals surface area contributed by atoms with E-state index in [2.05, 4.69) is 41.8 Å². The lowest BCUT2D eigenvalue weighted by Crippen LogP contribution is -2.48. The first kappa shape index (κ1) is 21.7. The fourth-order valence-electron chi connectivity index (χ4n) is 4.97. The maximum atomic E-state index is 12.8. The molecule has 4 rings (SSSR count). The summed E-state index contributed by atoms with van der Waals surface area (Å²) in [6, 6.07) is 18.9. The van der Waals surface area contributed by atoms with Gasteiger partial charge in [0.2, 0.25) is 5.91 Å². The van der Waals surface area contributed by atoms with Gasteiger partial charge >= 0.3 is 0 Å². The zero-order valence-corrected chi connectivity index (χ0v) is 17.8. The number of nitrogens with two attached hydrogens (primary N) is 1. The van der Waals surface area contributed by atoms with Crippen molar-refractivity contribution in [2.24, 2.45) is 23.5 Å². The normalized spacial score (nSPS) is 26.7. The van der Waals surface area contributed by atoms with Crippen LogP contribution in [0.15, 0.2) is 54.6 Å². The number of carbonyl (C=O) groups excluding carboxylic acids is 1. The summed E-state index contributed by atoms with van der Waals surface area (Å²) in [5.74, 6) is 1.30. The summed E-state index contributed by atoms with van der Waals surface area (Å²) in [6.45, 7) is 2.15. The van der Waals surface area contributed by atoms with E-state index < -0.39 is 0 Å². The van der Waals surface area contributed by atoms with Crippen LogP contribution in [0.4, 0.5) is 11.4 Å². The molecule has 3 unspecified atom stereocenters. The third-order valence-electron chi connectivity index (χ3n) is 6.62. The van der Waals surface area contributed by atoms with Crippen LogP contribution in [0.1, 0.15) is 50.6 Å². The minimum absolute atomic E-state index is 0. The number of anilines is 2. The Bertz CT molecular complexity index is 782. The molecule has 1 amide bonds. The second kappa shape index (κ2) is 9.64. The maximum Gasteiger partial charge on any atom is 0.227 e. The van der Waals surface area contributed by atoms with Gasteiger partial charge in [-0.15, -0.1) is 12.4 Å². The van der Waals surface area contributed by atoms with E-state index in [4.69, 9.17) is 5.73 Å². The van der Waals surface area contributed by atoms with Gasteiger partial charge in [0.15, 0.2) is 0 Å². The van der Waals surface area contributed by atoms with Crippen LogP contribution in [0.5, 0.6) is 0 Å². The number of nitrogens with one attached hydrogen (secondary N) is 2. The highest BCUT2D eigenvalue weighted by Gasteiger charge is 2.40. The molecule has 3 atom stereocenters. The highest BCUT2D eigenvalue weighted by Crippen LogP contribution is 2.42. The molecular formula is C24H32ClN3O. The van der Waals surface area contributed by atoms with Crippen molar-refractivity contribution in [1.29, 1.82) is 0 Å². The number of benzene rings is 2. The fraction of sp³-hybridized carbons (Fsp3) is 0.458. The van der Waals surface area contributed by atoms with Crippen LogP contribution in [0.2, 0.25) is 0 Å². The highest BCUT2D eigenvalue weighted by atomic mass is 35.5. The van der Waals surface area contributed by atoms with Crippen molar-refractivity contribution in [3.8, 4) is 0 Å². The van der Waals surface area contributed by atoms with E-state index >= 15 is 0 Å². The fourth-order valence-corrected chi connectivity index (χ4v) is 4.97. The number of rotatable bonds is 5. The Hall–Kier alpha value is -2.04. The van der Waals surface area contributed by atoms with Crippen molar-refractivity contribution >= 4 is 29.7 Å². The van der Waals surface area contributed by atoms with E-state index in [9.17, 15) is 4.79 Å². The van der Waals surface area contributed by atoms with Gasteiger partial charge in [0.05, 0.1) is 0 Å². The van der Waals surface area contributed by atoms with E-state index in [1.165, 1.54) is 24.8 Å². The molecule has 2 aromatic carbocycles. The minimum Gasteiger partial charge on any atom is -0.379 e. The Balaban J connectivity index is 0.00000240. The molecule has 29 heavy (non-hydrogen) atoms. The molecule has 0 spiro atoms. The van der Waals surface area contributed by atoms with Crippen molar-refractivity contribution in [3.63, 3.8) is 0 Å². The average molecular weight is 414 g/mol. The second-order valence-corrected chi connectivity index (χ2v) is 8.54. The van der Waals surface area contributed by atoms with Crippen LogP contribution in [-0.2, 0) is 4.79 Å². The summed E-state index contributed by atoms with van der Waals surface area (Å²) in [7, 11) is 0. The molecule has 2 aliphatic rings. The SMILES string of the molecule is CC(Nc1ccc(NC(=O)C2CC3CCCC(C2)C3N)cc1)c1ccccc1.Cl. The average Bonchev–Trinajstić information content (AvgIpc) is 2.70. The topological polar surface area (TPSA) is 67.1 Å². The zero-order chi connectivity index (χ0) is 19.5. The van der Waals surface area contributed by atoms with E-state index in [1.807, 2.05) is 30.3 Å². The minimum atomic E-state index is 0. The van der Waals surface area contributed by atoms with Gasteiger partial charge in [0.25, 0.3) is 0 Å². The van der Waals surface area contributed by atoms with Crippen LogP contribution in [-0.4, -0.2) is 11.9 Å². The summed E-state index contributed by atoms with van der Waals surface area (Å²) in [5, 5.41) is 6.63. The van der Waals surface area contributed by atoms with Gasteiger partial charge in [-0.2, -0.15) is 0 Å². The van der Waals surface area contributed by atoms with Gasteiger partial charge in [-0.05, 0) is 74.3 Å². The van der Waals surface area contributed by atoms with Gasteiger partial charge < -0.3 is 16.4 Å². The predicted molar refractivity (Wildman–Crippen MR) is 122 cm³/mol. The van der Waals surface area contributed by atoms with Crippen LogP contribution >= 0.6 is 12.4 Å². The van der Waals surface area contributed by atoms with Crippen LogP contribution in [0.25, 0.3) is 0 Å². The summed E-state index contributed by atoms with van der Waals surface area (Å²) in [5.41, 5.74) is 9.52. The Morgan fingerprint density at radius 1 is 0.966 bits per heavy atom. The maximum absolute atomic E-state index is 12.8. The molecule has 0 saturated heterocycles. The smallest absolute Gasteiger partial charge is 0.227 e. The largest absolute Gasteiger partial charge is 0.379 e. The van der Waals surface area contributed by atoms with Crippen LogP contribution in [0.3, 0.4) is 0 Å². The Labute approximate surface area is 180 Å². The van der Waals surface area contributed by atoms with Crippen molar-refractivity contribution in [1.82, 2.24) is 0 Å². The first-order valence-corrected chi connectivity index (χ1v) is 10.6. The van der Waals surface area contributed by atoms with Gasteiger partial charge in [0.1, 0.15) is 0 Å². The van der Waals surface area contributed by atoms with Crippen LogP contribution in [0, 0.1) is 17.8 Å². The van der Waals surface area contributed by atoms with Crippen molar-refractivity contribution < 1.29 is 4.79 Å². The van der Waals surface area contributed by atoms with E-state index in [0.717, 1.165) is 24.2 Å². The highest BCUT2D eigenvalue weighted by molar-refractivity contribution is 5.92. The number of halogens is 1. The number of amides is 1. The lowest BCUT2D eigenvalue weighted by molar-refractivity contribution is -0.122. The molecule has 5 heteroatoms. The lowest BCUT2D eigenvalue weighted by atomic mass is 9.65. The summed E-state index contributed by atoms with van der Waals surface area (Å²) >= 11 is 0. The molecule has 156 valence electrons. The van der Waals surface area contributed by atoms with Gasteiger partial charge in [-0.3, -0.25) is 4.79 Å². The van der Waals surface area contributed by atoms with Crippen molar-refractivity contribution in [2.75, 3.05) is 10.6 Å². The van der Waals surface area contributed by atoms with Crippen LogP contribution < -0.4 is 16.4 Å². The molecule has 2 fully saturated rings. The summed E-state index contributed by atoms with van der Waals surface area (Å²) < 4.78 is 0. The summed E-state index contributed by atoms with van der Waals surface area (Å²) in [6.07, 6.45) is 5.52. The monoisotopic (exact) mass is 413 g/mol. The first-order valence-electron chi connectivity index (χ1n) is 10.6. The summed E-state index contributed by atoms with van der Waals surface area (Å²) in [4.78, 5) is 12.8. The second-order valence-electron chi connectivity index (χ2n) is 8.54. The van der Waals surface area contributed by atoms with Gasteiger partial charge in [-0.1, -0.05) is 36.8 Å². The Morgan fingerprint density at radius 3 is 2.17 bits per heavy atom. The van der Waals surface area contributed by atoms with Crippen molar-refractivity contribution in [2.45, 2.75) is 51.1 Å². The van der Waals surface area contributed by atoms with E-state index in [-0.39, 0.29) is 30.3 Å². The molecular weight excluding hydrogens is 382 g/mol. The third-order valence-corrected chi connectivity index (χ3v) is 6.62. The zero-order valence-electron chi connectivity index (χ0n) is 17.0. The molecule has 0 aromatic heterocycles. The molecule has 0 heterocycles. The number of hydrogen-bond acceptors (Lipinski definition) is 3. The molecule has 0 aliphatic heterocycles. The Kier molecular flexibility index (Phi) is 7.20. The number of carbonyl (C=O) groups is 1. The van der Waals surface area contributed by atoms with E-state index in [1.54, 1.807) is 0 Å². The molecule has 4 nitrogen and oxygen atoms in total. The predicted octanol–water partition coefficient (Wildman–Crippen LogP) is 5.37. The quantitative estimate of drug-likeness (QED) is 0.616. The first-order chi connectivity index (χ1) is 13.6. The third kappa shape index (κ3) is 5.12. The molecule has 2 bridgehead atoms. The lowest BCUT2D eigenvalue weighted by Gasteiger charge is -2.43. The van der Waals surface area contributed by atoms with Gasteiger partial charge in [0, 0.05) is 29.4 Å². The standard InChI is InChI=1S/C24H31N3O.ClH/c1-16(17-6-3-2-4-7-17)26-21-10-12-22(13-11-21)27-24(28)20-14-18-8-5-9-19(15-20)23(18)25;/h2-4,6-7,10-13,16,18-20,23,26H,5,8-9,14-15,25H2,1H3,(H,27,28);1H. The van der Waals surface area contributed by atoms with E-state index in [0.29, 0.717) is 17.9 Å². The van der Waals surface area contributed by atoms with Gasteiger partial charge in [-0.25, -0.2) is 0 Å². The van der Waals surface area contributed by atoms with Crippen molar-refractivity contribution in [3.05, 3.63) is 60.2 Å². The Morgan fingerprint density at radius 2 is 1.55 bits per heavy atom. The molecule has 0 radical (unpaired) electrons. The molecule has 4 N–H and O–H groups in total.